The Morgan fingerprint density at radius 3 is 2.68 bits per heavy atom. The molecule has 28 heavy (non-hydrogen) atoms. The largest absolute Gasteiger partial charge is 0.497 e. The number of carbonyl (C=O) groups excluding carboxylic acids is 1. The number of anilines is 1. The Kier molecular flexibility index (Phi) is 6.68. The molecule has 7 nitrogen and oxygen atoms in total. The van der Waals surface area contributed by atoms with Gasteiger partial charge < -0.3 is 19.9 Å². The first-order valence-corrected chi connectivity index (χ1v) is 9.81. The number of nitrogens with one attached hydrogen (secondary N) is 1. The topological polar surface area (TPSA) is 70.6 Å². The summed E-state index contributed by atoms with van der Waals surface area (Å²) in [6.07, 6.45) is 2.59. The molecule has 1 aromatic carbocycles. The zero-order valence-electron chi connectivity index (χ0n) is 16.9. The third kappa shape index (κ3) is 5.12. The summed E-state index contributed by atoms with van der Waals surface area (Å²) in [5.41, 5.74) is 1.85. The highest BCUT2D eigenvalue weighted by Gasteiger charge is 2.22. The van der Waals surface area contributed by atoms with Crippen LogP contribution >= 0.6 is 0 Å². The van der Waals surface area contributed by atoms with E-state index < -0.39 is 0 Å². The van der Waals surface area contributed by atoms with Crippen LogP contribution in [0.25, 0.3) is 11.3 Å². The van der Waals surface area contributed by atoms with E-state index in [1.54, 1.807) is 13.4 Å². The maximum absolute atomic E-state index is 12.3. The van der Waals surface area contributed by atoms with Gasteiger partial charge in [-0.1, -0.05) is 26.0 Å². The van der Waals surface area contributed by atoms with Crippen LogP contribution in [0.3, 0.4) is 0 Å². The van der Waals surface area contributed by atoms with Crippen LogP contribution in [0.1, 0.15) is 20.3 Å². The summed E-state index contributed by atoms with van der Waals surface area (Å²) in [5, 5.41) is 3.01. The monoisotopic (exact) mass is 383 g/mol. The molecule has 0 spiro atoms. The molecule has 0 saturated carbocycles. The van der Waals surface area contributed by atoms with E-state index in [1.807, 2.05) is 35.2 Å². The predicted molar refractivity (Wildman–Crippen MR) is 111 cm³/mol. The number of ether oxygens (including phenoxy) is 1. The van der Waals surface area contributed by atoms with Crippen molar-refractivity contribution in [1.29, 1.82) is 0 Å². The van der Waals surface area contributed by atoms with Gasteiger partial charge in [0.15, 0.2) is 0 Å². The van der Waals surface area contributed by atoms with Crippen LogP contribution in [0, 0.1) is 5.92 Å². The lowest BCUT2D eigenvalue weighted by atomic mass is 10.1. The van der Waals surface area contributed by atoms with E-state index in [9.17, 15) is 4.79 Å². The normalized spacial score (nSPS) is 14.3. The summed E-state index contributed by atoms with van der Waals surface area (Å²) < 4.78 is 5.30. The van der Waals surface area contributed by atoms with Crippen molar-refractivity contribution < 1.29 is 9.53 Å². The van der Waals surface area contributed by atoms with Gasteiger partial charge >= 0.3 is 6.03 Å². The minimum absolute atomic E-state index is 0.0278. The number of methoxy groups -OCH3 is 1. The number of hydrogen-bond donors (Lipinski definition) is 1. The van der Waals surface area contributed by atoms with Crippen molar-refractivity contribution in [3.63, 3.8) is 0 Å². The molecule has 1 N–H and O–H groups in total. The molecule has 0 aliphatic carbocycles. The molecule has 1 aromatic heterocycles. The van der Waals surface area contributed by atoms with E-state index in [0.717, 1.165) is 48.9 Å². The number of amides is 2. The minimum atomic E-state index is 0.0278. The number of carbonyl (C=O) groups is 1. The van der Waals surface area contributed by atoms with Crippen LogP contribution in [-0.4, -0.2) is 60.7 Å². The Morgan fingerprint density at radius 2 is 1.96 bits per heavy atom. The van der Waals surface area contributed by atoms with Gasteiger partial charge in [0, 0.05) is 44.4 Å². The van der Waals surface area contributed by atoms with E-state index in [0.29, 0.717) is 19.0 Å². The van der Waals surface area contributed by atoms with Gasteiger partial charge in [0.25, 0.3) is 0 Å². The van der Waals surface area contributed by atoms with Gasteiger partial charge in [0.05, 0.1) is 12.8 Å². The fraction of sp³-hybridized carbons (Fsp3) is 0.476. The fourth-order valence-electron chi connectivity index (χ4n) is 3.18. The zero-order valence-corrected chi connectivity index (χ0v) is 16.9. The van der Waals surface area contributed by atoms with Crippen molar-refractivity contribution in [1.82, 2.24) is 20.2 Å². The average Bonchev–Trinajstić information content (AvgIpc) is 2.73. The Bertz CT molecular complexity index is 788. The molecular formula is C21H29N5O2. The van der Waals surface area contributed by atoms with Crippen molar-refractivity contribution >= 4 is 11.8 Å². The average molecular weight is 383 g/mol. The molecule has 0 radical (unpaired) electrons. The molecule has 0 unspecified atom stereocenters. The molecule has 7 heteroatoms. The van der Waals surface area contributed by atoms with Crippen LogP contribution in [0.2, 0.25) is 0 Å². The van der Waals surface area contributed by atoms with Crippen LogP contribution in [0.5, 0.6) is 5.75 Å². The van der Waals surface area contributed by atoms with Crippen molar-refractivity contribution in [2.45, 2.75) is 20.3 Å². The molecule has 2 aromatic rings. The third-order valence-corrected chi connectivity index (χ3v) is 4.91. The number of hydrogen-bond acceptors (Lipinski definition) is 5. The van der Waals surface area contributed by atoms with Gasteiger partial charge in [0.2, 0.25) is 0 Å². The van der Waals surface area contributed by atoms with Gasteiger partial charge in [-0.3, -0.25) is 0 Å². The number of aromatic nitrogens is 2. The highest BCUT2D eigenvalue weighted by Crippen LogP contribution is 2.24. The van der Waals surface area contributed by atoms with Crippen LogP contribution in [0.15, 0.2) is 36.7 Å². The standard InChI is InChI=1S/C21H29N5O2/c1-16(2)7-8-22-21(27)26-11-9-25(10-12-26)20-14-19(23-15-24-20)17-5-4-6-18(13-17)28-3/h4-6,13-16H,7-12H2,1-3H3,(H,22,27). The molecule has 2 amide bonds. The summed E-state index contributed by atoms with van der Waals surface area (Å²) in [4.78, 5) is 25.2. The zero-order chi connectivity index (χ0) is 19.9. The number of urea groups is 1. The second-order valence-electron chi connectivity index (χ2n) is 7.38. The highest BCUT2D eigenvalue weighted by atomic mass is 16.5. The Labute approximate surface area is 166 Å². The second kappa shape index (κ2) is 9.39. The molecule has 1 saturated heterocycles. The third-order valence-electron chi connectivity index (χ3n) is 4.91. The van der Waals surface area contributed by atoms with Crippen molar-refractivity contribution in [2.24, 2.45) is 5.92 Å². The molecule has 1 aliphatic rings. The van der Waals surface area contributed by atoms with Crippen LogP contribution in [-0.2, 0) is 0 Å². The number of rotatable bonds is 6. The lowest BCUT2D eigenvalue weighted by Gasteiger charge is -2.35. The first-order chi connectivity index (χ1) is 13.6. The van der Waals surface area contributed by atoms with Gasteiger partial charge in [0.1, 0.15) is 17.9 Å². The number of benzene rings is 1. The molecule has 150 valence electrons. The van der Waals surface area contributed by atoms with E-state index >= 15 is 0 Å². The van der Waals surface area contributed by atoms with Crippen molar-refractivity contribution in [3.8, 4) is 17.0 Å². The lowest BCUT2D eigenvalue weighted by Crippen LogP contribution is -2.52. The van der Waals surface area contributed by atoms with Gasteiger partial charge in [-0.05, 0) is 24.5 Å². The number of piperazine rings is 1. The minimum Gasteiger partial charge on any atom is -0.497 e. The smallest absolute Gasteiger partial charge is 0.317 e. The molecule has 1 fully saturated rings. The summed E-state index contributed by atoms with van der Waals surface area (Å²) in [6, 6.07) is 9.86. The van der Waals surface area contributed by atoms with Crippen LogP contribution < -0.4 is 15.0 Å². The van der Waals surface area contributed by atoms with E-state index in [2.05, 4.69) is 34.0 Å². The van der Waals surface area contributed by atoms with Gasteiger partial charge in [-0.25, -0.2) is 14.8 Å². The summed E-state index contributed by atoms with van der Waals surface area (Å²) >= 11 is 0. The van der Waals surface area contributed by atoms with E-state index in [1.165, 1.54) is 0 Å². The van der Waals surface area contributed by atoms with E-state index in [4.69, 9.17) is 4.74 Å². The van der Waals surface area contributed by atoms with Crippen molar-refractivity contribution in [3.05, 3.63) is 36.7 Å². The summed E-state index contributed by atoms with van der Waals surface area (Å²) in [6.45, 7) is 7.93. The Hall–Kier alpha value is -2.83. The molecule has 3 rings (SSSR count). The predicted octanol–water partition coefficient (Wildman–Crippen LogP) is 3.03. The molecule has 1 aliphatic heterocycles. The fourth-order valence-corrected chi connectivity index (χ4v) is 3.18. The maximum atomic E-state index is 12.3. The molecular weight excluding hydrogens is 354 g/mol. The van der Waals surface area contributed by atoms with Crippen molar-refractivity contribution in [2.75, 3.05) is 44.7 Å². The Balaban J connectivity index is 1.59. The van der Waals surface area contributed by atoms with E-state index in [-0.39, 0.29) is 6.03 Å². The SMILES string of the molecule is COc1cccc(-c2cc(N3CCN(C(=O)NCCC(C)C)CC3)ncn2)c1. The van der Waals surface area contributed by atoms with Gasteiger partial charge in [-0.15, -0.1) is 0 Å². The lowest BCUT2D eigenvalue weighted by molar-refractivity contribution is 0.193. The first-order valence-electron chi connectivity index (χ1n) is 9.81. The Morgan fingerprint density at radius 1 is 1.18 bits per heavy atom. The maximum Gasteiger partial charge on any atom is 0.317 e. The first kappa shape index (κ1) is 19.9. The molecule has 0 atom stereocenters. The highest BCUT2D eigenvalue weighted by molar-refractivity contribution is 5.74. The second-order valence-corrected chi connectivity index (χ2v) is 7.38. The van der Waals surface area contributed by atoms with Crippen LogP contribution in [0.4, 0.5) is 10.6 Å². The summed E-state index contributed by atoms with van der Waals surface area (Å²) in [5.74, 6) is 2.27. The summed E-state index contributed by atoms with van der Waals surface area (Å²) in [7, 11) is 1.66. The number of nitrogens with zero attached hydrogens (tertiary/aromatic N) is 4. The quantitative estimate of drug-likeness (QED) is 0.830. The molecule has 0 bridgehead atoms. The molecule has 2 heterocycles. The van der Waals surface area contributed by atoms with Gasteiger partial charge in [-0.2, -0.15) is 0 Å².